The highest BCUT2D eigenvalue weighted by Crippen LogP contribution is 2.29. The summed E-state index contributed by atoms with van der Waals surface area (Å²) in [5.74, 6) is -0.212. The summed E-state index contributed by atoms with van der Waals surface area (Å²) in [5, 5.41) is 3.03. The maximum absolute atomic E-state index is 12.2. The Bertz CT molecular complexity index is 383. The number of carbonyl (C=O) groups excluding carboxylic acids is 2. The van der Waals surface area contributed by atoms with Gasteiger partial charge in [0.1, 0.15) is 0 Å². The van der Waals surface area contributed by atoms with Crippen molar-refractivity contribution in [3.8, 4) is 0 Å². The Labute approximate surface area is 138 Å². The van der Waals surface area contributed by atoms with Crippen molar-refractivity contribution < 1.29 is 19.1 Å². The number of nitrogens with zero attached hydrogens (tertiary/aromatic N) is 1. The van der Waals surface area contributed by atoms with Gasteiger partial charge in [0, 0.05) is 25.6 Å². The number of esters is 1. The van der Waals surface area contributed by atoms with Gasteiger partial charge in [-0.05, 0) is 38.6 Å². The molecule has 2 fully saturated rings. The molecule has 0 bridgehead atoms. The molecule has 0 radical (unpaired) electrons. The predicted molar refractivity (Wildman–Crippen MR) is 87.0 cm³/mol. The van der Waals surface area contributed by atoms with Crippen LogP contribution in [0.1, 0.15) is 38.5 Å². The molecule has 2 atom stereocenters. The first-order chi connectivity index (χ1) is 11.2. The van der Waals surface area contributed by atoms with Gasteiger partial charge in [-0.3, -0.25) is 14.5 Å². The van der Waals surface area contributed by atoms with Gasteiger partial charge in [-0.25, -0.2) is 0 Å². The van der Waals surface area contributed by atoms with Gasteiger partial charge in [0.15, 0.2) is 0 Å². The molecule has 2 aliphatic rings. The fraction of sp³-hybridized carbons (Fsp3) is 0.882. The average Bonchev–Trinajstić information content (AvgIpc) is 2.61. The number of morpholine rings is 1. The summed E-state index contributed by atoms with van der Waals surface area (Å²) < 4.78 is 10.1. The van der Waals surface area contributed by atoms with Crippen LogP contribution in [-0.2, 0) is 19.1 Å². The Kier molecular flexibility index (Phi) is 7.82. The lowest BCUT2D eigenvalue weighted by Gasteiger charge is -2.27. The number of nitrogens with one attached hydrogen (secondary N) is 1. The van der Waals surface area contributed by atoms with E-state index >= 15 is 0 Å². The van der Waals surface area contributed by atoms with E-state index in [9.17, 15) is 9.59 Å². The molecule has 1 saturated heterocycles. The van der Waals surface area contributed by atoms with Gasteiger partial charge in [-0.15, -0.1) is 0 Å². The second kappa shape index (κ2) is 9.88. The molecule has 132 valence electrons. The molecule has 1 N–H and O–H groups in total. The van der Waals surface area contributed by atoms with E-state index in [1.165, 1.54) is 7.11 Å². The molecule has 1 heterocycles. The van der Waals surface area contributed by atoms with Crippen LogP contribution in [0.4, 0.5) is 0 Å². The van der Waals surface area contributed by atoms with Crippen LogP contribution >= 0.6 is 0 Å². The van der Waals surface area contributed by atoms with Crippen molar-refractivity contribution in [2.24, 2.45) is 11.8 Å². The summed E-state index contributed by atoms with van der Waals surface area (Å²) in [6.45, 7) is 5.50. The summed E-state index contributed by atoms with van der Waals surface area (Å²) in [4.78, 5) is 26.3. The number of methoxy groups -OCH3 is 1. The van der Waals surface area contributed by atoms with E-state index in [2.05, 4.69) is 10.2 Å². The van der Waals surface area contributed by atoms with Gasteiger partial charge in [0.25, 0.3) is 0 Å². The maximum Gasteiger partial charge on any atom is 0.308 e. The summed E-state index contributed by atoms with van der Waals surface area (Å²) in [7, 11) is 1.42. The zero-order valence-corrected chi connectivity index (χ0v) is 14.2. The summed E-state index contributed by atoms with van der Waals surface area (Å²) in [6.07, 6.45) is 5.37. The number of ether oxygens (including phenoxy) is 2. The lowest BCUT2D eigenvalue weighted by atomic mass is 9.81. The summed E-state index contributed by atoms with van der Waals surface area (Å²) in [5.41, 5.74) is 0. The SMILES string of the molecule is COC(=O)C1CCCC(C(=O)NCCCCN2CCOCC2)C1. The number of unbranched alkanes of at least 4 members (excludes halogenated alkanes) is 1. The highest BCUT2D eigenvalue weighted by molar-refractivity contribution is 5.80. The van der Waals surface area contributed by atoms with Crippen molar-refractivity contribution in [2.45, 2.75) is 38.5 Å². The lowest BCUT2D eigenvalue weighted by molar-refractivity contribution is -0.147. The first kappa shape index (κ1) is 18.2. The molecule has 1 aliphatic carbocycles. The number of rotatable bonds is 7. The monoisotopic (exact) mass is 326 g/mol. The third kappa shape index (κ3) is 6.11. The van der Waals surface area contributed by atoms with Crippen molar-refractivity contribution in [2.75, 3.05) is 46.5 Å². The number of carbonyl (C=O) groups is 2. The van der Waals surface area contributed by atoms with Crippen LogP contribution < -0.4 is 5.32 Å². The second-order valence-electron chi connectivity index (χ2n) is 6.54. The van der Waals surface area contributed by atoms with E-state index in [0.29, 0.717) is 6.42 Å². The molecule has 0 aromatic rings. The van der Waals surface area contributed by atoms with Crippen molar-refractivity contribution in [1.82, 2.24) is 10.2 Å². The van der Waals surface area contributed by atoms with Gasteiger partial charge >= 0.3 is 5.97 Å². The van der Waals surface area contributed by atoms with Gasteiger partial charge in [0.2, 0.25) is 5.91 Å². The molecule has 0 aromatic carbocycles. The van der Waals surface area contributed by atoms with E-state index in [-0.39, 0.29) is 23.7 Å². The quantitative estimate of drug-likeness (QED) is 0.562. The molecule has 1 saturated carbocycles. The van der Waals surface area contributed by atoms with Crippen LogP contribution in [0.15, 0.2) is 0 Å². The molecular weight excluding hydrogens is 296 g/mol. The molecule has 1 amide bonds. The smallest absolute Gasteiger partial charge is 0.308 e. The first-order valence-corrected chi connectivity index (χ1v) is 8.86. The lowest BCUT2D eigenvalue weighted by Crippen LogP contribution is -2.38. The third-order valence-corrected chi connectivity index (χ3v) is 4.88. The Morgan fingerprint density at radius 3 is 2.65 bits per heavy atom. The minimum atomic E-state index is -0.173. The van der Waals surface area contributed by atoms with Crippen molar-refractivity contribution in [1.29, 1.82) is 0 Å². The average molecular weight is 326 g/mol. The molecule has 0 spiro atoms. The standard InChI is InChI=1S/C17H30N2O4/c1-22-17(21)15-6-4-5-14(13-15)16(20)18-7-2-3-8-19-9-11-23-12-10-19/h14-15H,2-13H2,1H3,(H,18,20). The molecule has 2 rings (SSSR count). The van der Waals surface area contributed by atoms with Gasteiger partial charge in [-0.1, -0.05) is 6.42 Å². The zero-order chi connectivity index (χ0) is 16.5. The molecule has 2 unspecified atom stereocenters. The maximum atomic E-state index is 12.2. The normalized spacial score (nSPS) is 25.8. The zero-order valence-electron chi connectivity index (χ0n) is 14.2. The Morgan fingerprint density at radius 2 is 1.91 bits per heavy atom. The highest BCUT2D eigenvalue weighted by atomic mass is 16.5. The van der Waals surface area contributed by atoms with E-state index in [4.69, 9.17) is 9.47 Å². The predicted octanol–water partition coefficient (Wildman–Crippen LogP) is 1.19. The number of amides is 1. The first-order valence-electron chi connectivity index (χ1n) is 8.86. The van der Waals surface area contributed by atoms with Crippen molar-refractivity contribution in [3.63, 3.8) is 0 Å². The largest absolute Gasteiger partial charge is 0.469 e. The van der Waals surface area contributed by atoms with Crippen LogP contribution in [0.5, 0.6) is 0 Å². The van der Waals surface area contributed by atoms with Gasteiger partial charge in [0.05, 0.1) is 26.2 Å². The second-order valence-corrected chi connectivity index (χ2v) is 6.54. The highest BCUT2D eigenvalue weighted by Gasteiger charge is 2.31. The minimum absolute atomic E-state index is 0.0351. The van der Waals surface area contributed by atoms with Crippen LogP contribution in [0.2, 0.25) is 0 Å². The van der Waals surface area contributed by atoms with Crippen LogP contribution in [0, 0.1) is 11.8 Å². The van der Waals surface area contributed by atoms with E-state index in [1.54, 1.807) is 0 Å². The molecule has 6 nitrogen and oxygen atoms in total. The Morgan fingerprint density at radius 1 is 1.17 bits per heavy atom. The fourth-order valence-corrected chi connectivity index (χ4v) is 3.45. The summed E-state index contributed by atoms with van der Waals surface area (Å²) >= 11 is 0. The molecule has 23 heavy (non-hydrogen) atoms. The van der Waals surface area contributed by atoms with Gasteiger partial charge in [-0.2, -0.15) is 0 Å². The summed E-state index contributed by atoms with van der Waals surface area (Å²) in [6, 6.07) is 0. The van der Waals surface area contributed by atoms with E-state index < -0.39 is 0 Å². The van der Waals surface area contributed by atoms with E-state index in [0.717, 1.165) is 71.5 Å². The topological polar surface area (TPSA) is 67.9 Å². The van der Waals surface area contributed by atoms with Crippen LogP contribution in [0.25, 0.3) is 0 Å². The van der Waals surface area contributed by atoms with Crippen LogP contribution in [0.3, 0.4) is 0 Å². The molecule has 1 aliphatic heterocycles. The van der Waals surface area contributed by atoms with Crippen molar-refractivity contribution in [3.05, 3.63) is 0 Å². The number of hydrogen-bond acceptors (Lipinski definition) is 5. The molecular formula is C17H30N2O4. The van der Waals surface area contributed by atoms with E-state index in [1.807, 2.05) is 0 Å². The van der Waals surface area contributed by atoms with Crippen LogP contribution in [-0.4, -0.2) is 63.3 Å². The van der Waals surface area contributed by atoms with Gasteiger partial charge < -0.3 is 14.8 Å². The Hall–Kier alpha value is -1.14. The van der Waals surface area contributed by atoms with Crippen molar-refractivity contribution >= 4 is 11.9 Å². The fourth-order valence-electron chi connectivity index (χ4n) is 3.45. The minimum Gasteiger partial charge on any atom is -0.469 e. The third-order valence-electron chi connectivity index (χ3n) is 4.88. The molecule has 0 aromatic heterocycles. The molecule has 6 heteroatoms. The Balaban J connectivity index is 1.57. The number of hydrogen-bond donors (Lipinski definition) is 1.